The van der Waals surface area contributed by atoms with Gasteiger partial charge in [-0.25, -0.2) is 4.39 Å². The van der Waals surface area contributed by atoms with Gasteiger partial charge in [-0.1, -0.05) is 36.4 Å². The largest absolute Gasteiger partial charge is 0.388 e. The van der Waals surface area contributed by atoms with Crippen molar-refractivity contribution in [2.75, 3.05) is 7.05 Å². The van der Waals surface area contributed by atoms with Gasteiger partial charge in [0.15, 0.2) is 0 Å². The number of likely N-dealkylation sites (N-methyl/N-ethyl adjacent to an activating group) is 1. The Hall–Kier alpha value is -2.20. The van der Waals surface area contributed by atoms with Gasteiger partial charge in [0.1, 0.15) is 5.82 Å². The second kappa shape index (κ2) is 7.14. The van der Waals surface area contributed by atoms with Crippen LogP contribution in [-0.4, -0.2) is 29.0 Å². The highest BCUT2D eigenvalue weighted by atomic mass is 19.1. The zero-order chi connectivity index (χ0) is 17.1. The molecular formula is C20H22FNO2. The van der Waals surface area contributed by atoms with Crippen LogP contribution >= 0.6 is 0 Å². The number of aliphatic hydroxyl groups excluding tert-OH is 1. The summed E-state index contributed by atoms with van der Waals surface area (Å²) in [6.45, 7) is 0. The summed E-state index contributed by atoms with van der Waals surface area (Å²) in [5.74, 6) is -0.521. The molecule has 24 heavy (non-hydrogen) atoms. The van der Waals surface area contributed by atoms with E-state index in [2.05, 4.69) is 12.1 Å². The average Bonchev–Trinajstić information content (AvgIpc) is 2.60. The normalized spacial score (nSPS) is 17.9. The minimum Gasteiger partial charge on any atom is -0.388 e. The van der Waals surface area contributed by atoms with Crippen molar-refractivity contribution in [1.29, 1.82) is 0 Å². The Morgan fingerprint density at radius 2 is 2.00 bits per heavy atom. The minimum absolute atomic E-state index is 0.0297. The Balaban J connectivity index is 1.63. The lowest BCUT2D eigenvalue weighted by atomic mass is 9.87. The van der Waals surface area contributed by atoms with Crippen molar-refractivity contribution in [2.45, 2.75) is 37.8 Å². The smallest absolute Gasteiger partial charge is 0.225 e. The molecule has 0 saturated heterocycles. The van der Waals surface area contributed by atoms with Gasteiger partial charge in [-0.05, 0) is 48.1 Å². The molecule has 3 nitrogen and oxygen atoms in total. The molecule has 0 bridgehead atoms. The molecule has 2 unspecified atom stereocenters. The first kappa shape index (κ1) is 16.7. The highest BCUT2D eigenvalue weighted by molar-refractivity contribution is 5.77. The van der Waals surface area contributed by atoms with E-state index < -0.39 is 11.9 Å². The minimum atomic E-state index is -0.980. The molecule has 0 heterocycles. The summed E-state index contributed by atoms with van der Waals surface area (Å²) in [5.41, 5.74) is 3.08. The van der Waals surface area contributed by atoms with E-state index in [4.69, 9.17) is 0 Å². The maximum absolute atomic E-state index is 13.2. The summed E-state index contributed by atoms with van der Waals surface area (Å²) in [6, 6.07) is 14.2. The number of fused-ring (bicyclic) bond motifs is 1. The average molecular weight is 327 g/mol. The van der Waals surface area contributed by atoms with Crippen LogP contribution in [0.1, 0.15) is 35.6 Å². The molecule has 2 aromatic carbocycles. The number of rotatable bonds is 4. The van der Waals surface area contributed by atoms with E-state index in [1.807, 2.05) is 12.1 Å². The molecule has 4 heteroatoms. The van der Waals surface area contributed by atoms with Crippen molar-refractivity contribution in [3.05, 3.63) is 71.0 Å². The van der Waals surface area contributed by atoms with Crippen molar-refractivity contribution in [1.82, 2.24) is 4.90 Å². The third kappa shape index (κ3) is 3.65. The number of aryl methyl sites for hydroxylation is 1. The number of amides is 1. The third-order valence-corrected chi connectivity index (χ3v) is 4.86. The zero-order valence-corrected chi connectivity index (χ0v) is 13.8. The van der Waals surface area contributed by atoms with E-state index in [9.17, 15) is 14.3 Å². The van der Waals surface area contributed by atoms with E-state index in [0.29, 0.717) is 5.56 Å². The van der Waals surface area contributed by atoms with Crippen molar-refractivity contribution in [3.8, 4) is 0 Å². The maximum atomic E-state index is 13.2. The Kier molecular flexibility index (Phi) is 4.95. The number of aliphatic hydroxyl groups is 1. The van der Waals surface area contributed by atoms with Crippen molar-refractivity contribution >= 4 is 5.91 Å². The van der Waals surface area contributed by atoms with Gasteiger partial charge in [0, 0.05) is 13.1 Å². The first-order valence-electron chi connectivity index (χ1n) is 8.30. The summed E-state index contributed by atoms with van der Waals surface area (Å²) in [4.78, 5) is 14.2. The molecule has 2 aromatic rings. The molecule has 0 fully saturated rings. The van der Waals surface area contributed by atoms with Gasteiger partial charge in [0.05, 0.1) is 12.5 Å². The Morgan fingerprint density at radius 3 is 2.75 bits per heavy atom. The molecule has 0 saturated carbocycles. The number of carbonyl (C=O) groups is 1. The number of halogens is 1. The summed E-state index contributed by atoms with van der Waals surface area (Å²) in [7, 11) is 1.79. The molecule has 1 amide bonds. The molecule has 126 valence electrons. The lowest BCUT2D eigenvalue weighted by Gasteiger charge is -2.33. The molecule has 1 N–H and O–H groups in total. The van der Waals surface area contributed by atoms with Gasteiger partial charge in [-0.3, -0.25) is 4.79 Å². The molecule has 3 rings (SSSR count). The molecule has 0 radical (unpaired) electrons. The van der Waals surface area contributed by atoms with E-state index >= 15 is 0 Å². The quantitative estimate of drug-likeness (QED) is 0.936. The van der Waals surface area contributed by atoms with Gasteiger partial charge < -0.3 is 10.0 Å². The van der Waals surface area contributed by atoms with Gasteiger partial charge in [0.2, 0.25) is 5.91 Å². The maximum Gasteiger partial charge on any atom is 0.225 e. The lowest BCUT2D eigenvalue weighted by Crippen LogP contribution is -2.41. The van der Waals surface area contributed by atoms with Gasteiger partial charge in [0.25, 0.3) is 0 Å². The van der Waals surface area contributed by atoms with Crippen LogP contribution < -0.4 is 0 Å². The first-order valence-corrected chi connectivity index (χ1v) is 8.30. The molecular weight excluding hydrogens is 305 g/mol. The van der Waals surface area contributed by atoms with E-state index in [-0.39, 0.29) is 18.4 Å². The van der Waals surface area contributed by atoms with Crippen LogP contribution in [0.15, 0.2) is 48.5 Å². The molecule has 0 aliphatic heterocycles. The molecule has 2 atom stereocenters. The summed E-state index contributed by atoms with van der Waals surface area (Å²) in [5, 5.41) is 10.2. The predicted molar refractivity (Wildman–Crippen MR) is 91.0 cm³/mol. The van der Waals surface area contributed by atoms with Gasteiger partial charge >= 0.3 is 0 Å². The number of hydrogen-bond donors (Lipinski definition) is 1. The number of carbonyl (C=O) groups excluding carboxylic acids is 1. The van der Waals surface area contributed by atoms with Crippen LogP contribution in [0.2, 0.25) is 0 Å². The fraction of sp³-hybridized carbons (Fsp3) is 0.350. The van der Waals surface area contributed by atoms with Crippen LogP contribution in [0.3, 0.4) is 0 Å². The second-order valence-electron chi connectivity index (χ2n) is 6.44. The molecule has 0 spiro atoms. The topological polar surface area (TPSA) is 40.5 Å². The number of benzene rings is 2. The van der Waals surface area contributed by atoms with E-state index in [1.54, 1.807) is 24.1 Å². The second-order valence-corrected chi connectivity index (χ2v) is 6.44. The van der Waals surface area contributed by atoms with Crippen molar-refractivity contribution < 1.29 is 14.3 Å². The predicted octanol–water partition coefficient (Wildman–Crippen LogP) is 3.27. The van der Waals surface area contributed by atoms with Crippen LogP contribution in [0.4, 0.5) is 4.39 Å². The Bertz CT molecular complexity index is 731. The molecule has 1 aliphatic rings. The van der Waals surface area contributed by atoms with Crippen LogP contribution in [0.5, 0.6) is 0 Å². The molecule has 1 aliphatic carbocycles. The highest BCUT2D eigenvalue weighted by Gasteiger charge is 2.26. The number of hydrogen-bond acceptors (Lipinski definition) is 2. The van der Waals surface area contributed by atoms with Crippen LogP contribution in [-0.2, 0) is 17.6 Å². The summed E-state index contributed by atoms with van der Waals surface area (Å²) >= 11 is 0. The fourth-order valence-corrected chi connectivity index (χ4v) is 3.35. The van der Waals surface area contributed by atoms with Crippen LogP contribution in [0.25, 0.3) is 0 Å². The van der Waals surface area contributed by atoms with Crippen LogP contribution in [0, 0.1) is 5.82 Å². The van der Waals surface area contributed by atoms with Gasteiger partial charge in [-0.2, -0.15) is 0 Å². The Morgan fingerprint density at radius 1 is 1.25 bits per heavy atom. The van der Waals surface area contributed by atoms with Gasteiger partial charge in [-0.15, -0.1) is 0 Å². The SMILES string of the molecule is CN(C(=O)CC(O)c1cccc(F)c1)C1CCc2ccccc2C1. The fourth-order valence-electron chi connectivity index (χ4n) is 3.35. The zero-order valence-electron chi connectivity index (χ0n) is 13.8. The summed E-state index contributed by atoms with van der Waals surface area (Å²) in [6.07, 6.45) is 1.72. The third-order valence-electron chi connectivity index (χ3n) is 4.86. The van der Waals surface area contributed by atoms with E-state index in [0.717, 1.165) is 19.3 Å². The summed E-state index contributed by atoms with van der Waals surface area (Å²) < 4.78 is 13.2. The first-order chi connectivity index (χ1) is 11.5. The lowest BCUT2D eigenvalue weighted by molar-refractivity contribution is -0.134. The van der Waals surface area contributed by atoms with Crippen molar-refractivity contribution in [2.24, 2.45) is 0 Å². The highest BCUT2D eigenvalue weighted by Crippen LogP contribution is 2.25. The van der Waals surface area contributed by atoms with E-state index in [1.165, 1.54) is 23.3 Å². The molecule has 0 aromatic heterocycles. The monoisotopic (exact) mass is 327 g/mol. The van der Waals surface area contributed by atoms with Crippen molar-refractivity contribution in [3.63, 3.8) is 0 Å². The standard InChI is InChI=1S/C20H22FNO2/c1-22(18-10-9-14-5-2-3-6-15(14)12-18)20(24)13-19(23)16-7-4-8-17(21)11-16/h2-8,11,18-19,23H,9-10,12-13H2,1H3. The number of nitrogens with zero attached hydrogens (tertiary/aromatic N) is 1. The Labute approximate surface area is 141 Å².